The van der Waals surface area contributed by atoms with Crippen molar-refractivity contribution in [1.82, 2.24) is 15.5 Å². The van der Waals surface area contributed by atoms with Gasteiger partial charge in [0, 0.05) is 25.2 Å². The summed E-state index contributed by atoms with van der Waals surface area (Å²) in [5.41, 5.74) is -3.92. The van der Waals surface area contributed by atoms with E-state index in [0.717, 1.165) is 6.07 Å². The molecule has 3 rings (SSSR count). The fourth-order valence-corrected chi connectivity index (χ4v) is 4.30. The lowest BCUT2D eigenvalue weighted by atomic mass is 9.67. The maximum Gasteiger partial charge on any atom is 0.416 e. The van der Waals surface area contributed by atoms with Crippen LogP contribution in [0.15, 0.2) is 18.2 Å². The average Bonchev–Trinajstić information content (AvgIpc) is 2.70. The summed E-state index contributed by atoms with van der Waals surface area (Å²) in [6.45, 7) is 1.88. The lowest BCUT2D eigenvalue weighted by molar-refractivity contribution is -0.243. The Morgan fingerprint density at radius 2 is 1.65 bits per heavy atom. The first kappa shape index (κ1) is 26.2. The van der Waals surface area contributed by atoms with Crippen molar-refractivity contribution in [2.45, 2.75) is 44.5 Å². The number of amides is 2. The van der Waals surface area contributed by atoms with E-state index in [2.05, 4.69) is 10.6 Å². The molecule has 1 saturated carbocycles. The van der Waals surface area contributed by atoms with Gasteiger partial charge in [-0.05, 0) is 62.9 Å². The van der Waals surface area contributed by atoms with Gasteiger partial charge in [0.2, 0.25) is 5.91 Å². The van der Waals surface area contributed by atoms with Crippen molar-refractivity contribution in [3.05, 3.63) is 35.1 Å². The van der Waals surface area contributed by atoms with E-state index in [1.807, 2.05) is 4.90 Å². The van der Waals surface area contributed by atoms with Crippen molar-refractivity contribution in [2.24, 2.45) is 11.3 Å². The number of piperidine rings is 1. The zero-order valence-electron chi connectivity index (χ0n) is 18.3. The summed E-state index contributed by atoms with van der Waals surface area (Å²) in [5.74, 6) is -2.88. The Bertz CT molecular complexity index is 889. The number of hydrogen-bond acceptors (Lipinski definition) is 3. The van der Waals surface area contributed by atoms with Crippen molar-refractivity contribution < 1.29 is 40.3 Å². The van der Waals surface area contributed by atoms with Gasteiger partial charge in [-0.15, -0.1) is 0 Å². The summed E-state index contributed by atoms with van der Waals surface area (Å²) in [5, 5.41) is 4.94. The molecule has 2 aliphatic rings. The minimum absolute atomic E-state index is 0.0499. The molecule has 1 aromatic carbocycles. The molecule has 2 amide bonds. The van der Waals surface area contributed by atoms with Gasteiger partial charge in [0.25, 0.3) is 5.91 Å². The molecule has 34 heavy (non-hydrogen) atoms. The van der Waals surface area contributed by atoms with E-state index in [4.69, 9.17) is 0 Å². The lowest BCUT2D eigenvalue weighted by Crippen LogP contribution is -2.55. The van der Waals surface area contributed by atoms with Crippen LogP contribution in [0.5, 0.6) is 0 Å². The van der Waals surface area contributed by atoms with E-state index in [9.17, 15) is 40.3 Å². The van der Waals surface area contributed by atoms with Crippen LogP contribution in [0.25, 0.3) is 0 Å². The molecule has 12 heteroatoms. The molecule has 190 valence electrons. The number of benzene rings is 1. The summed E-state index contributed by atoms with van der Waals surface area (Å²) in [6.07, 6.45) is -8.03. The zero-order valence-corrected chi connectivity index (χ0v) is 18.3. The Morgan fingerprint density at radius 3 is 2.18 bits per heavy atom. The second-order valence-corrected chi connectivity index (χ2v) is 8.91. The van der Waals surface area contributed by atoms with Crippen molar-refractivity contribution in [3.8, 4) is 0 Å². The molecule has 1 aliphatic heterocycles. The van der Waals surface area contributed by atoms with Gasteiger partial charge >= 0.3 is 12.4 Å². The van der Waals surface area contributed by atoms with Crippen molar-refractivity contribution in [2.75, 3.05) is 32.7 Å². The standard InChI is InChI=1S/C22H26F7N3O2/c23-17-11-15(10-16(12-17)21(24,25)26)18(33)31-13-14-2-7-32(8-3-14)9-6-30-19(34)20(4-1-5-20)22(27,28)29/h10-12,14H,1-9,13H2,(H,30,34)(H,31,33). The predicted octanol–water partition coefficient (Wildman–Crippen LogP) is 4.14. The van der Waals surface area contributed by atoms with Gasteiger partial charge in [0.05, 0.1) is 5.56 Å². The van der Waals surface area contributed by atoms with Gasteiger partial charge < -0.3 is 15.5 Å². The molecule has 0 spiro atoms. The fourth-order valence-electron chi connectivity index (χ4n) is 4.30. The molecule has 5 nitrogen and oxygen atoms in total. The summed E-state index contributed by atoms with van der Waals surface area (Å²) in [4.78, 5) is 26.3. The Balaban J connectivity index is 1.39. The fraction of sp³-hybridized carbons (Fsp3) is 0.636. The molecule has 0 aromatic heterocycles. The van der Waals surface area contributed by atoms with E-state index in [1.54, 1.807) is 0 Å². The van der Waals surface area contributed by atoms with Crippen molar-refractivity contribution >= 4 is 11.8 Å². The average molecular weight is 497 g/mol. The maximum absolute atomic E-state index is 13.5. The Morgan fingerprint density at radius 1 is 1.00 bits per heavy atom. The molecule has 0 unspecified atom stereocenters. The van der Waals surface area contributed by atoms with Crippen LogP contribution in [0, 0.1) is 17.2 Å². The van der Waals surface area contributed by atoms with E-state index >= 15 is 0 Å². The van der Waals surface area contributed by atoms with Crippen LogP contribution >= 0.6 is 0 Å². The zero-order chi connectivity index (χ0) is 25.1. The number of carbonyl (C=O) groups is 2. The van der Waals surface area contributed by atoms with E-state index < -0.39 is 46.5 Å². The smallest absolute Gasteiger partial charge is 0.354 e. The SMILES string of the molecule is O=C(NCC1CCN(CCNC(=O)C2(C(F)(F)F)CCC2)CC1)c1cc(F)cc(C(F)(F)F)c1. The minimum Gasteiger partial charge on any atom is -0.354 e. The van der Waals surface area contributed by atoms with Gasteiger partial charge in [-0.3, -0.25) is 9.59 Å². The molecule has 2 fully saturated rings. The highest BCUT2D eigenvalue weighted by Crippen LogP contribution is 2.53. The minimum atomic E-state index is -4.77. The maximum atomic E-state index is 13.5. The van der Waals surface area contributed by atoms with E-state index in [1.165, 1.54) is 0 Å². The molecule has 0 bridgehead atoms. The molecular weight excluding hydrogens is 471 g/mol. The van der Waals surface area contributed by atoms with Crippen molar-refractivity contribution in [3.63, 3.8) is 0 Å². The molecule has 1 aliphatic carbocycles. The molecule has 1 aromatic rings. The highest BCUT2D eigenvalue weighted by molar-refractivity contribution is 5.94. The van der Waals surface area contributed by atoms with Crippen LogP contribution in [-0.2, 0) is 11.0 Å². The quantitative estimate of drug-likeness (QED) is 0.557. The van der Waals surface area contributed by atoms with Crippen molar-refractivity contribution in [1.29, 1.82) is 0 Å². The number of halogens is 7. The van der Waals surface area contributed by atoms with Gasteiger partial charge in [-0.25, -0.2) is 4.39 Å². The summed E-state index contributed by atoms with van der Waals surface area (Å²) in [6, 6.07) is 1.67. The Kier molecular flexibility index (Phi) is 7.79. The molecule has 1 heterocycles. The van der Waals surface area contributed by atoms with E-state index in [-0.39, 0.29) is 31.8 Å². The predicted molar refractivity (Wildman–Crippen MR) is 108 cm³/mol. The number of rotatable bonds is 7. The number of nitrogens with zero attached hydrogens (tertiary/aromatic N) is 1. The van der Waals surface area contributed by atoms with Gasteiger partial charge in [-0.2, -0.15) is 26.3 Å². The van der Waals surface area contributed by atoms with Crippen LogP contribution in [0.3, 0.4) is 0 Å². The van der Waals surface area contributed by atoms with Gasteiger partial charge in [0.1, 0.15) is 11.2 Å². The number of likely N-dealkylation sites (tertiary alicyclic amines) is 1. The third-order valence-electron chi connectivity index (χ3n) is 6.64. The van der Waals surface area contributed by atoms with Crippen LogP contribution in [-0.4, -0.2) is 55.6 Å². The summed E-state index contributed by atoms with van der Waals surface area (Å²) < 4.78 is 91.5. The summed E-state index contributed by atoms with van der Waals surface area (Å²) in [7, 11) is 0. The number of hydrogen-bond donors (Lipinski definition) is 2. The highest BCUT2D eigenvalue weighted by Gasteiger charge is 2.63. The highest BCUT2D eigenvalue weighted by atomic mass is 19.4. The largest absolute Gasteiger partial charge is 0.416 e. The number of alkyl halides is 6. The third-order valence-corrected chi connectivity index (χ3v) is 6.64. The van der Waals surface area contributed by atoms with Gasteiger partial charge in [-0.1, -0.05) is 6.42 Å². The molecule has 2 N–H and O–H groups in total. The first-order valence-electron chi connectivity index (χ1n) is 11.1. The number of carbonyl (C=O) groups excluding carboxylic acids is 2. The molecule has 1 saturated heterocycles. The first-order valence-corrected chi connectivity index (χ1v) is 11.1. The topological polar surface area (TPSA) is 61.4 Å². The van der Waals surface area contributed by atoms with E-state index in [0.29, 0.717) is 51.0 Å². The second-order valence-electron chi connectivity index (χ2n) is 8.91. The molecule has 0 atom stereocenters. The van der Waals surface area contributed by atoms with Crippen LogP contribution in [0.1, 0.15) is 48.0 Å². The Hall–Kier alpha value is -2.37. The van der Waals surface area contributed by atoms with Crippen LogP contribution in [0.2, 0.25) is 0 Å². The van der Waals surface area contributed by atoms with Crippen LogP contribution in [0.4, 0.5) is 30.7 Å². The van der Waals surface area contributed by atoms with Gasteiger partial charge in [0.15, 0.2) is 0 Å². The monoisotopic (exact) mass is 497 g/mol. The molecular formula is C22H26F7N3O2. The first-order chi connectivity index (χ1) is 15.8. The molecule has 0 radical (unpaired) electrons. The lowest BCUT2D eigenvalue weighted by Gasteiger charge is -2.41. The van der Waals surface area contributed by atoms with Crippen LogP contribution < -0.4 is 10.6 Å². The normalized spacial score (nSPS) is 19.4. The summed E-state index contributed by atoms with van der Waals surface area (Å²) >= 11 is 0. The number of nitrogens with one attached hydrogen (secondary N) is 2. The third kappa shape index (κ3) is 6.00. The Labute approximate surface area is 192 Å². The second kappa shape index (κ2) is 10.1.